The van der Waals surface area contributed by atoms with E-state index < -0.39 is 0 Å². The number of nitriles is 2. The monoisotopic (exact) mass is 244 g/mol. The maximum atomic E-state index is 9.08. The molecule has 90 valence electrons. The third-order valence-corrected chi connectivity index (χ3v) is 3.74. The molecule has 0 saturated heterocycles. The molecule has 3 rings (SSSR count). The Morgan fingerprint density at radius 3 is 2.47 bits per heavy atom. The number of fused-ring (bicyclic) bond motifs is 3. The van der Waals surface area contributed by atoms with Gasteiger partial charge in [0.15, 0.2) is 0 Å². The number of hydrogen-bond donors (Lipinski definition) is 0. The first-order valence-corrected chi connectivity index (χ1v) is 6.31. The van der Waals surface area contributed by atoms with Gasteiger partial charge in [0, 0.05) is 12.3 Å². The van der Waals surface area contributed by atoms with Crippen LogP contribution >= 0.6 is 0 Å². The fourth-order valence-corrected chi connectivity index (χ4v) is 3.00. The molecule has 1 aliphatic rings. The molecule has 0 heterocycles. The van der Waals surface area contributed by atoms with Crippen LogP contribution in [0.2, 0.25) is 0 Å². The first-order valence-electron chi connectivity index (χ1n) is 6.31. The highest BCUT2D eigenvalue weighted by Crippen LogP contribution is 2.47. The Balaban J connectivity index is 2.26. The zero-order valence-electron chi connectivity index (χ0n) is 10.4. The molecule has 1 atom stereocenters. The van der Waals surface area contributed by atoms with Crippen LogP contribution in [0, 0.1) is 22.7 Å². The van der Waals surface area contributed by atoms with Gasteiger partial charge >= 0.3 is 0 Å². The van der Waals surface area contributed by atoms with Crippen LogP contribution in [-0.4, -0.2) is 0 Å². The smallest absolute Gasteiger partial charge is 0.0669 e. The summed E-state index contributed by atoms with van der Waals surface area (Å²) >= 11 is 0. The van der Waals surface area contributed by atoms with E-state index in [1.807, 2.05) is 24.3 Å². The molecular formula is C17H12N2. The molecule has 1 unspecified atom stereocenters. The molecule has 0 spiro atoms. The summed E-state index contributed by atoms with van der Waals surface area (Å²) in [7, 11) is 0. The molecule has 0 N–H and O–H groups in total. The van der Waals surface area contributed by atoms with Gasteiger partial charge in [-0.05, 0) is 27.8 Å². The van der Waals surface area contributed by atoms with Gasteiger partial charge in [0.25, 0.3) is 0 Å². The minimum atomic E-state index is 0.112. The minimum absolute atomic E-state index is 0.112. The average Bonchev–Trinajstić information content (AvgIpc) is 2.76. The molecule has 0 amide bonds. The molecule has 19 heavy (non-hydrogen) atoms. The molecular weight excluding hydrogens is 232 g/mol. The van der Waals surface area contributed by atoms with Crippen molar-refractivity contribution in [1.82, 2.24) is 0 Å². The zero-order chi connectivity index (χ0) is 13.2. The van der Waals surface area contributed by atoms with E-state index in [1.165, 1.54) is 22.3 Å². The lowest BCUT2D eigenvalue weighted by Crippen LogP contribution is -1.99. The quantitative estimate of drug-likeness (QED) is 0.807. The summed E-state index contributed by atoms with van der Waals surface area (Å²) < 4.78 is 0. The summed E-state index contributed by atoms with van der Waals surface area (Å²) in [6.07, 6.45) is 0.867. The number of rotatable bonds is 2. The molecule has 2 aromatic rings. The van der Waals surface area contributed by atoms with E-state index in [1.54, 1.807) is 0 Å². The Hall–Kier alpha value is -2.58. The summed E-state index contributed by atoms with van der Waals surface area (Å²) in [5.74, 6) is 0.112. The molecule has 2 heteroatoms. The maximum Gasteiger partial charge on any atom is 0.0669 e. The fourth-order valence-electron chi connectivity index (χ4n) is 3.00. The van der Waals surface area contributed by atoms with Crippen LogP contribution in [0.4, 0.5) is 0 Å². The lowest BCUT2D eigenvalue weighted by atomic mass is 9.90. The fraction of sp³-hybridized carbons (Fsp3) is 0.176. The van der Waals surface area contributed by atoms with Crippen LogP contribution in [0.3, 0.4) is 0 Å². The topological polar surface area (TPSA) is 47.6 Å². The molecule has 0 bridgehead atoms. The predicted octanol–water partition coefficient (Wildman–Crippen LogP) is 3.78. The zero-order valence-corrected chi connectivity index (χ0v) is 10.4. The predicted molar refractivity (Wildman–Crippen MR) is 73.3 cm³/mol. The van der Waals surface area contributed by atoms with Crippen molar-refractivity contribution in [3.8, 4) is 23.3 Å². The van der Waals surface area contributed by atoms with E-state index in [4.69, 9.17) is 10.5 Å². The standard InChI is InChI=1S/C17H12N2/c18-10-8-12-4-3-7-15-13-5-1-2-6-14(13)16(9-11-19)17(12)15/h1-7,16H,8-9H2. The van der Waals surface area contributed by atoms with Crippen molar-refractivity contribution in [3.05, 3.63) is 59.2 Å². The SMILES string of the molecule is N#CCc1cccc2c1C(CC#N)c1ccccc1-2. The van der Waals surface area contributed by atoms with E-state index in [0.717, 1.165) is 5.56 Å². The van der Waals surface area contributed by atoms with Gasteiger partial charge in [0.2, 0.25) is 0 Å². The Bertz CT molecular complexity index is 717. The van der Waals surface area contributed by atoms with Crippen molar-refractivity contribution in [2.24, 2.45) is 0 Å². The molecule has 0 radical (unpaired) electrons. The van der Waals surface area contributed by atoms with Crippen molar-refractivity contribution >= 4 is 0 Å². The van der Waals surface area contributed by atoms with Gasteiger partial charge in [-0.2, -0.15) is 10.5 Å². The first-order chi connectivity index (χ1) is 9.36. The van der Waals surface area contributed by atoms with Crippen LogP contribution in [0.5, 0.6) is 0 Å². The Kier molecular flexibility index (Phi) is 2.78. The third kappa shape index (κ3) is 1.70. The van der Waals surface area contributed by atoms with Gasteiger partial charge in [0.05, 0.1) is 18.6 Å². The molecule has 2 aromatic carbocycles. The second-order valence-electron chi connectivity index (χ2n) is 4.72. The molecule has 1 aliphatic carbocycles. The molecule has 2 nitrogen and oxygen atoms in total. The van der Waals surface area contributed by atoms with Crippen LogP contribution in [0.1, 0.15) is 29.0 Å². The van der Waals surface area contributed by atoms with Crippen molar-refractivity contribution < 1.29 is 0 Å². The molecule has 0 aliphatic heterocycles. The number of nitrogens with zero attached hydrogens (tertiary/aromatic N) is 2. The molecule has 0 aromatic heterocycles. The van der Waals surface area contributed by atoms with Gasteiger partial charge < -0.3 is 0 Å². The largest absolute Gasteiger partial charge is 0.198 e. The molecule has 0 fully saturated rings. The second kappa shape index (κ2) is 4.59. The summed E-state index contributed by atoms with van der Waals surface area (Å²) in [6.45, 7) is 0. The van der Waals surface area contributed by atoms with Crippen molar-refractivity contribution in [2.75, 3.05) is 0 Å². The van der Waals surface area contributed by atoms with E-state index >= 15 is 0 Å². The summed E-state index contributed by atoms with van der Waals surface area (Å²) in [5.41, 5.74) is 5.83. The second-order valence-corrected chi connectivity index (χ2v) is 4.72. The van der Waals surface area contributed by atoms with Crippen molar-refractivity contribution in [1.29, 1.82) is 10.5 Å². The lowest BCUT2D eigenvalue weighted by Gasteiger charge is -2.12. The van der Waals surface area contributed by atoms with E-state index in [2.05, 4.69) is 30.3 Å². The van der Waals surface area contributed by atoms with Gasteiger partial charge in [-0.1, -0.05) is 42.5 Å². The first kappa shape index (κ1) is 11.5. The van der Waals surface area contributed by atoms with Gasteiger partial charge in [-0.25, -0.2) is 0 Å². The highest BCUT2D eigenvalue weighted by molar-refractivity contribution is 5.80. The molecule has 0 saturated carbocycles. The van der Waals surface area contributed by atoms with Gasteiger partial charge in [0.1, 0.15) is 0 Å². The van der Waals surface area contributed by atoms with E-state index in [9.17, 15) is 0 Å². The van der Waals surface area contributed by atoms with Crippen LogP contribution in [0.25, 0.3) is 11.1 Å². The average molecular weight is 244 g/mol. The summed E-state index contributed by atoms with van der Waals surface area (Å²) in [6, 6.07) is 18.8. The Morgan fingerprint density at radius 2 is 1.68 bits per heavy atom. The Labute approximate surface area is 112 Å². The highest BCUT2D eigenvalue weighted by Gasteiger charge is 2.29. The number of benzene rings is 2. The van der Waals surface area contributed by atoms with E-state index in [0.29, 0.717) is 12.8 Å². The minimum Gasteiger partial charge on any atom is -0.198 e. The third-order valence-electron chi connectivity index (χ3n) is 3.74. The van der Waals surface area contributed by atoms with E-state index in [-0.39, 0.29) is 5.92 Å². The van der Waals surface area contributed by atoms with Crippen molar-refractivity contribution in [2.45, 2.75) is 18.8 Å². The van der Waals surface area contributed by atoms with Gasteiger partial charge in [-0.15, -0.1) is 0 Å². The van der Waals surface area contributed by atoms with Gasteiger partial charge in [-0.3, -0.25) is 0 Å². The normalized spacial score (nSPS) is 15.2. The highest BCUT2D eigenvalue weighted by atomic mass is 14.3. The maximum absolute atomic E-state index is 9.08. The van der Waals surface area contributed by atoms with Crippen molar-refractivity contribution in [3.63, 3.8) is 0 Å². The van der Waals surface area contributed by atoms with Crippen LogP contribution in [-0.2, 0) is 6.42 Å². The van der Waals surface area contributed by atoms with Crippen LogP contribution in [0.15, 0.2) is 42.5 Å². The van der Waals surface area contributed by atoms with Crippen LogP contribution < -0.4 is 0 Å². The summed E-state index contributed by atoms with van der Waals surface area (Å²) in [4.78, 5) is 0. The number of hydrogen-bond acceptors (Lipinski definition) is 2. The Morgan fingerprint density at radius 1 is 0.895 bits per heavy atom. The lowest BCUT2D eigenvalue weighted by molar-refractivity contribution is 0.851. The summed E-state index contributed by atoms with van der Waals surface area (Å²) in [5, 5.41) is 18.1.